The Morgan fingerprint density at radius 2 is 1.53 bits per heavy atom. The first-order valence-electron chi connectivity index (χ1n) is 15.8. The highest BCUT2D eigenvalue weighted by Crippen LogP contribution is 2.32. The second kappa shape index (κ2) is 15.5. The minimum Gasteiger partial charge on any atom is -0.495 e. The number of methoxy groups -OCH3 is 1. The van der Waals surface area contributed by atoms with Crippen molar-refractivity contribution in [2.45, 2.75) is 62.6 Å². The molecule has 10 heteroatoms. The van der Waals surface area contributed by atoms with E-state index in [2.05, 4.69) is 5.32 Å². The third-order valence-corrected chi connectivity index (χ3v) is 10.6. The van der Waals surface area contributed by atoms with Crippen molar-refractivity contribution in [1.82, 2.24) is 10.2 Å². The molecule has 4 aromatic carbocycles. The van der Waals surface area contributed by atoms with Crippen molar-refractivity contribution < 1.29 is 22.7 Å². The van der Waals surface area contributed by atoms with Gasteiger partial charge in [-0.1, -0.05) is 103 Å². The summed E-state index contributed by atoms with van der Waals surface area (Å²) in [5.41, 5.74) is 2.96. The Hall–Kier alpha value is -4.34. The van der Waals surface area contributed by atoms with E-state index in [1.54, 1.807) is 30.3 Å². The largest absolute Gasteiger partial charge is 0.495 e. The first-order valence-corrected chi connectivity index (χ1v) is 17.6. The molecule has 0 spiro atoms. The molecule has 0 bridgehead atoms. The van der Waals surface area contributed by atoms with Gasteiger partial charge >= 0.3 is 0 Å². The maximum Gasteiger partial charge on any atom is 0.264 e. The van der Waals surface area contributed by atoms with Crippen molar-refractivity contribution in [2.24, 2.45) is 0 Å². The van der Waals surface area contributed by atoms with Crippen molar-refractivity contribution in [2.75, 3.05) is 18.0 Å². The van der Waals surface area contributed by atoms with Crippen LogP contribution in [0.25, 0.3) is 0 Å². The highest BCUT2D eigenvalue weighted by Gasteiger charge is 2.35. The Balaban J connectivity index is 1.57. The SMILES string of the molecule is COc1ccc(N(CC(=O)N(Cc2ccc(C)cc2)[C@@H](Cc2ccccc2)C(=O)NC2CCCC2)S(=O)(=O)c2ccccc2)cc1Cl. The van der Waals surface area contributed by atoms with Crippen LogP contribution in [0.1, 0.15) is 42.4 Å². The molecule has 1 fully saturated rings. The average molecular weight is 674 g/mol. The minimum absolute atomic E-state index is 0.0182. The summed E-state index contributed by atoms with van der Waals surface area (Å²) in [6, 6.07) is 29.0. The molecule has 0 heterocycles. The molecule has 47 heavy (non-hydrogen) atoms. The van der Waals surface area contributed by atoms with Crippen LogP contribution in [0, 0.1) is 6.92 Å². The molecule has 0 aliphatic heterocycles. The summed E-state index contributed by atoms with van der Waals surface area (Å²) >= 11 is 6.46. The lowest BCUT2D eigenvalue weighted by Gasteiger charge is -2.34. The number of halogens is 1. The lowest BCUT2D eigenvalue weighted by Crippen LogP contribution is -2.54. The van der Waals surface area contributed by atoms with Crippen molar-refractivity contribution in [3.63, 3.8) is 0 Å². The Bertz CT molecular complexity index is 1760. The first kappa shape index (κ1) is 34.0. The second-order valence-electron chi connectivity index (χ2n) is 11.8. The quantitative estimate of drug-likeness (QED) is 0.174. The molecule has 1 atom stereocenters. The van der Waals surface area contributed by atoms with E-state index in [9.17, 15) is 18.0 Å². The van der Waals surface area contributed by atoms with E-state index in [4.69, 9.17) is 16.3 Å². The van der Waals surface area contributed by atoms with E-state index < -0.39 is 28.5 Å². The predicted octanol–water partition coefficient (Wildman–Crippen LogP) is 6.55. The number of nitrogens with one attached hydrogen (secondary N) is 1. The molecular weight excluding hydrogens is 634 g/mol. The molecule has 1 saturated carbocycles. The zero-order chi connectivity index (χ0) is 33.4. The number of hydrogen-bond acceptors (Lipinski definition) is 5. The summed E-state index contributed by atoms with van der Waals surface area (Å²) in [7, 11) is -2.77. The molecule has 0 radical (unpaired) electrons. The van der Waals surface area contributed by atoms with Gasteiger partial charge in [0.15, 0.2) is 0 Å². The number of rotatable bonds is 13. The van der Waals surface area contributed by atoms with E-state index in [0.717, 1.165) is 46.7 Å². The van der Waals surface area contributed by atoms with Crippen molar-refractivity contribution in [3.8, 4) is 5.75 Å². The maximum absolute atomic E-state index is 14.6. The normalized spacial score (nSPS) is 13.9. The van der Waals surface area contributed by atoms with Gasteiger partial charge in [-0.25, -0.2) is 8.42 Å². The molecule has 4 aromatic rings. The standard InChI is InChI=1S/C37H40ClN3O5S/c1-27-17-19-29(20-18-27)25-40(34(23-28-11-5-3-6-12-28)37(43)39-30-13-9-10-14-30)36(42)26-41(31-21-22-35(46-2)33(38)24-31)47(44,45)32-15-7-4-8-16-32/h3-8,11-12,15-22,24,30,34H,9-10,13-14,23,25-26H2,1-2H3,(H,39,43)/t34-/m0/s1. The fraction of sp³-hybridized carbons (Fsp3) is 0.297. The van der Waals surface area contributed by atoms with Gasteiger partial charge in [0.1, 0.15) is 18.3 Å². The van der Waals surface area contributed by atoms with E-state index in [1.807, 2.05) is 61.5 Å². The fourth-order valence-corrected chi connectivity index (χ4v) is 7.55. The van der Waals surface area contributed by atoms with Crippen molar-refractivity contribution in [3.05, 3.63) is 125 Å². The molecule has 0 saturated heterocycles. The van der Waals surface area contributed by atoms with Gasteiger partial charge in [-0.15, -0.1) is 0 Å². The number of sulfonamides is 1. The summed E-state index contributed by atoms with van der Waals surface area (Å²) in [5, 5.41) is 3.39. The second-order valence-corrected chi connectivity index (χ2v) is 14.1. The Morgan fingerprint density at radius 1 is 0.894 bits per heavy atom. The summed E-state index contributed by atoms with van der Waals surface area (Å²) in [6.07, 6.45) is 4.11. The van der Waals surface area contributed by atoms with Crippen LogP contribution in [0.3, 0.4) is 0 Å². The minimum atomic E-state index is -4.24. The summed E-state index contributed by atoms with van der Waals surface area (Å²) in [4.78, 5) is 30.3. The van der Waals surface area contributed by atoms with E-state index in [0.29, 0.717) is 5.75 Å². The number of anilines is 1. The molecule has 0 aromatic heterocycles. The highest BCUT2D eigenvalue weighted by molar-refractivity contribution is 7.92. The molecule has 246 valence electrons. The Morgan fingerprint density at radius 3 is 2.15 bits per heavy atom. The van der Waals surface area contributed by atoms with Crippen LogP contribution in [0.15, 0.2) is 108 Å². The molecule has 5 rings (SSSR count). The van der Waals surface area contributed by atoms with Crippen LogP contribution in [0.2, 0.25) is 5.02 Å². The number of aryl methyl sites for hydroxylation is 1. The number of hydrogen-bond donors (Lipinski definition) is 1. The molecule has 2 amide bonds. The lowest BCUT2D eigenvalue weighted by molar-refractivity contribution is -0.140. The predicted molar refractivity (Wildman–Crippen MR) is 185 cm³/mol. The van der Waals surface area contributed by atoms with Gasteiger partial charge in [0.25, 0.3) is 10.0 Å². The van der Waals surface area contributed by atoms with Crippen LogP contribution >= 0.6 is 11.6 Å². The number of carbonyl (C=O) groups excluding carboxylic acids is 2. The molecule has 8 nitrogen and oxygen atoms in total. The summed E-state index contributed by atoms with van der Waals surface area (Å²) in [5.74, 6) is -0.419. The monoisotopic (exact) mass is 673 g/mol. The third kappa shape index (κ3) is 8.53. The van der Waals surface area contributed by atoms with Gasteiger partial charge in [0.2, 0.25) is 11.8 Å². The number of benzene rings is 4. The van der Waals surface area contributed by atoms with E-state index >= 15 is 0 Å². The first-order chi connectivity index (χ1) is 22.7. The van der Waals surface area contributed by atoms with Crippen LogP contribution in [0.4, 0.5) is 5.69 Å². The third-order valence-electron chi connectivity index (χ3n) is 8.48. The van der Waals surface area contributed by atoms with Gasteiger partial charge in [-0.3, -0.25) is 13.9 Å². The van der Waals surface area contributed by atoms with Crippen molar-refractivity contribution >= 4 is 39.1 Å². The van der Waals surface area contributed by atoms with Crippen LogP contribution in [-0.2, 0) is 32.6 Å². The maximum atomic E-state index is 14.6. The van der Waals surface area contributed by atoms with Gasteiger partial charge < -0.3 is 15.0 Å². The number of amides is 2. The number of ether oxygens (including phenoxy) is 1. The lowest BCUT2D eigenvalue weighted by atomic mass is 10.0. The highest BCUT2D eigenvalue weighted by atomic mass is 35.5. The zero-order valence-electron chi connectivity index (χ0n) is 26.6. The summed E-state index contributed by atoms with van der Waals surface area (Å²) in [6.45, 7) is 1.53. The van der Waals surface area contributed by atoms with E-state index in [-0.39, 0.29) is 40.5 Å². The summed E-state index contributed by atoms with van der Waals surface area (Å²) < 4.78 is 34.7. The fourth-order valence-electron chi connectivity index (χ4n) is 5.87. The van der Waals surface area contributed by atoms with Gasteiger partial charge in [0, 0.05) is 19.0 Å². The molecular formula is C37H40ClN3O5S. The van der Waals surface area contributed by atoms with Crippen molar-refractivity contribution in [1.29, 1.82) is 0 Å². The van der Waals surface area contributed by atoms with Crippen LogP contribution in [-0.4, -0.2) is 50.9 Å². The molecule has 1 aliphatic carbocycles. The van der Waals surface area contributed by atoms with Gasteiger partial charge in [-0.2, -0.15) is 0 Å². The Kier molecular flexibility index (Phi) is 11.2. The van der Waals surface area contributed by atoms with Crippen LogP contribution in [0.5, 0.6) is 5.75 Å². The zero-order valence-corrected chi connectivity index (χ0v) is 28.2. The van der Waals surface area contributed by atoms with Crippen LogP contribution < -0.4 is 14.4 Å². The average Bonchev–Trinajstić information content (AvgIpc) is 3.59. The van der Waals surface area contributed by atoms with Gasteiger partial charge in [0.05, 0.1) is 22.7 Å². The molecule has 1 aliphatic rings. The van der Waals surface area contributed by atoms with E-state index in [1.165, 1.54) is 30.2 Å². The molecule has 0 unspecified atom stereocenters. The Labute approximate surface area is 282 Å². The van der Waals surface area contributed by atoms with Gasteiger partial charge in [-0.05, 0) is 61.2 Å². The smallest absolute Gasteiger partial charge is 0.264 e. The molecule has 1 N–H and O–H groups in total. The topological polar surface area (TPSA) is 96.0 Å². The number of nitrogens with zero attached hydrogens (tertiary/aromatic N) is 2. The number of carbonyl (C=O) groups is 2.